The van der Waals surface area contributed by atoms with Gasteiger partial charge in [-0.25, -0.2) is 9.59 Å². The molecule has 0 spiro atoms. The van der Waals surface area contributed by atoms with Gasteiger partial charge in [0.15, 0.2) is 0 Å². The highest BCUT2D eigenvalue weighted by molar-refractivity contribution is 5.87. The fourth-order valence-corrected chi connectivity index (χ4v) is 1.79. The normalized spacial score (nSPS) is 11.4. The van der Waals surface area contributed by atoms with E-state index in [2.05, 4.69) is 10.1 Å². The summed E-state index contributed by atoms with van der Waals surface area (Å²) in [5, 5.41) is 2.62. The van der Waals surface area contributed by atoms with Gasteiger partial charge < -0.3 is 20.5 Å². The largest absolute Gasteiger partial charge is 0.445 e. The average molecular weight is 322 g/mol. The highest BCUT2D eigenvalue weighted by Gasteiger charge is 2.16. The molecule has 1 aromatic carbocycles. The van der Waals surface area contributed by atoms with Gasteiger partial charge in [0.2, 0.25) is 0 Å². The highest BCUT2D eigenvalue weighted by atomic mass is 16.6. The second-order valence-electron chi connectivity index (χ2n) is 5.00. The van der Waals surface area contributed by atoms with Gasteiger partial charge in [0.05, 0.1) is 0 Å². The van der Waals surface area contributed by atoms with Crippen molar-refractivity contribution in [3.8, 4) is 0 Å². The summed E-state index contributed by atoms with van der Waals surface area (Å²) in [6.07, 6.45) is 1.15. The number of hydrogen-bond donors (Lipinski definition) is 2. The topological polar surface area (TPSA) is 108 Å². The van der Waals surface area contributed by atoms with Crippen molar-refractivity contribution in [3.63, 3.8) is 0 Å². The number of benzene rings is 1. The van der Waals surface area contributed by atoms with E-state index in [0.717, 1.165) is 12.5 Å². The van der Waals surface area contributed by atoms with E-state index in [4.69, 9.17) is 10.5 Å². The lowest BCUT2D eigenvalue weighted by Crippen LogP contribution is -2.33. The Morgan fingerprint density at radius 1 is 1.17 bits per heavy atom. The predicted octanol–water partition coefficient (Wildman–Crippen LogP) is 1.50. The Bertz CT molecular complexity index is 518. The van der Waals surface area contributed by atoms with Crippen LogP contribution in [-0.2, 0) is 25.7 Å². The van der Waals surface area contributed by atoms with Gasteiger partial charge in [-0.1, -0.05) is 30.3 Å². The number of ether oxygens (including phenoxy) is 2. The zero-order valence-corrected chi connectivity index (χ0v) is 13.1. The van der Waals surface area contributed by atoms with Crippen LogP contribution in [0.4, 0.5) is 4.79 Å². The number of amides is 1. The third kappa shape index (κ3) is 8.57. The lowest BCUT2D eigenvalue weighted by Gasteiger charge is -2.10. The summed E-state index contributed by atoms with van der Waals surface area (Å²) in [5.74, 6) is -1.40. The van der Waals surface area contributed by atoms with Crippen LogP contribution in [0.25, 0.3) is 0 Å². The summed E-state index contributed by atoms with van der Waals surface area (Å²) in [5.41, 5.74) is 6.50. The maximum Gasteiger partial charge on any atom is 0.407 e. The van der Waals surface area contributed by atoms with Crippen LogP contribution >= 0.6 is 0 Å². The Morgan fingerprint density at radius 3 is 2.52 bits per heavy atom. The van der Waals surface area contributed by atoms with Crippen molar-refractivity contribution in [3.05, 3.63) is 35.9 Å². The lowest BCUT2D eigenvalue weighted by atomic mass is 10.1. The molecule has 23 heavy (non-hydrogen) atoms. The van der Waals surface area contributed by atoms with E-state index in [0.29, 0.717) is 25.8 Å². The quantitative estimate of drug-likeness (QED) is 0.426. The molecule has 0 radical (unpaired) electrons. The molecule has 0 aliphatic rings. The van der Waals surface area contributed by atoms with Crippen LogP contribution in [0.5, 0.6) is 0 Å². The van der Waals surface area contributed by atoms with Crippen molar-refractivity contribution in [2.24, 2.45) is 5.73 Å². The molecule has 0 heterocycles. The maximum absolute atomic E-state index is 11.5. The first kappa shape index (κ1) is 18.6. The molecule has 0 saturated heterocycles. The molecule has 126 valence electrons. The second kappa shape index (κ2) is 10.3. The van der Waals surface area contributed by atoms with Crippen LogP contribution in [0.2, 0.25) is 0 Å². The van der Waals surface area contributed by atoms with Crippen molar-refractivity contribution in [2.45, 2.75) is 38.8 Å². The standard InChI is InChI=1S/C16H22N2O5/c1-12(19)23-15(20)14(17)9-5-6-10-18-16(21)22-11-13-7-3-2-4-8-13/h2-4,7-8,14H,5-6,9-11,17H2,1H3,(H,18,21)/t14-/m0/s1. The van der Waals surface area contributed by atoms with Gasteiger partial charge in [-0.3, -0.25) is 4.79 Å². The zero-order chi connectivity index (χ0) is 17.1. The summed E-state index contributed by atoms with van der Waals surface area (Å²) in [4.78, 5) is 33.4. The number of nitrogens with one attached hydrogen (secondary N) is 1. The Hall–Kier alpha value is -2.41. The molecule has 1 aromatic rings. The molecule has 0 saturated carbocycles. The van der Waals surface area contributed by atoms with Gasteiger partial charge in [-0.05, 0) is 24.8 Å². The van der Waals surface area contributed by atoms with Crippen molar-refractivity contribution in [2.75, 3.05) is 6.54 Å². The van der Waals surface area contributed by atoms with E-state index in [9.17, 15) is 14.4 Å². The fourth-order valence-electron chi connectivity index (χ4n) is 1.79. The molecule has 1 atom stereocenters. The number of nitrogens with two attached hydrogens (primary N) is 1. The number of alkyl carbamates (subject to hydrolysis) is 1. The lowest BCUT2D eigenvalue weighted by molar-refractivity contribution is -0.159. The van der Waals surface area contributed by atoms with Gasteiger partial charge in [-0.2, -0.15) is 0 Å². The minimum Gasteiger partial charge on any atom is -0.445 e. The number of esters is 2. The minimum atomic E-state index is -0.830. The smallest absolute Gasteiger partial charge is 0.407 e. The van der Waals surface area contributed by atoms with E-state index in [1.807, 2.05) is 30.3 Å². The summed E-state index contributed by atoms with van der Waals surface area (Å²) < 4.78 is 9.44. The molecule has 0 fully saturated rings. The van der Waals surface area contributed by atoms with Gasteiger partial charge in [0.25, 0.3) is 0 Å². The molecule has 0 bridgehead atoms. The SMILES string of the molecule is CC(=O)OC(=O)[C@@H](N)CCCCNC(=O)OCc1ccccc1. The van der Waals surface area contributed by atoms with Gasteiger partial charge in [0.1, 0.15) is 12.6 Å². The Balaban J connectivity index is 2.07. The minimum absolute atomic E-state index is 0.217. The molecular weight excluding hydrogens is 300 g/mol. The van der Waals surface area contributed by atoms with Crippen LogP contribution < -0.4 is 11.1 Å². The van der Waals surface area contributed by atoms with Crippen LogP contribution in [0.1, 0.15) is 31.7 Å². The molecule has 1 amide bonds. The van der Waals surface area contributed by atoms with E-state index in [1.165, 1.54) is 0 Å². The molecule has 0 aromatic heterocycles. The van der Waals surface area contributed by atoms with Crippen molar-refractivity contribution in [1.82, 2.24) is 5.32 Å². The number of carbonyl (C=O) groups is 3. The first-order valence-electron chi connectivity index (χ1n) is 7.41. The summed E-state index contributed by atoms with van der Waals surface area (Å²) >= 11 is 0. The summed E-state index contributed by atoms with van der Waals surface area (Å²) in [6, 6.07) is 8.54. The molecule has 3 N–H and O–H groups in total. The molecule has 7 nitrogen and oxygen atoms in total. The first-order valence-corrected chi connectivity index (χ1v) is 7.41. The van der Waals surface area contributed by atoms with Crippen LogP contribution in [0.3, 0.4) is 0 Å². The Morgan fingerprint density at radius 2 is 1.87 bits per heavy atom. The van der Waals surface area contributed by atoms with Crippen molar-refractivity contribution in [1.29, 1.82) is 0 Å². The average Bonchev–Trinajstić information content (AvgIpc) is 2.52. The van der Waals surface area contributed by atoms with E-state index < -0.39 is 24.1 Å². The van der Waals surface area contributed by atoms with Crippen molar-refractivity contribution < 1.29 is 23.9 Å². The molecule has 0 aliphatic carbocycles. The fraction of sp³-hybridized carbons (Fsp3) is 0.438. The van der Waals surface area contributed by atoms with Crippen LogP contribution in [0.15, 0.2) is 30.3 Å². The maximum atomic E-state index is 11.5. The van der Waals surface area contributed by atoms with Crippen LogP contribution in [-0.4, -0.2) is 30.6 Å². The van der Waals surface area contributed by atoms with Crippen LogP contribution in [0, 0.1) is 0 Å². The summed E-state index contributed by atoms with van der Waals surface area (Å²) in [7, 11) is 0. The number of unbranched alkanes of at least 4 members (excludes halogenated alkanes) is 1. The number of hydrogen-bond acceptors (Lipinski definition) is 6. The number of carbonyl (C=O) groups excluding carboxylic acids is 3. The Labute approximate surface area is 135 Å². The third-order valence-electron chi connectivity index (χ3n) is 2.97. The molecular formula is C16H22N2O5. The zero-order valence-electron chi connectivity index (χ0n) is 13.1. The van der Waals surface area contributed by atoms with Gasteiger partial charge in [0, 0.05) is 13.5 Å². The third-order valence-corrected chi connectivity index (χ3v) is 2.97. The molecule has 7 heteroatoms. The van der Waals surface area contributed by atoms with Gasteiger partial charge >= 0.3 is 18.0 Å². The molecule has 1 rings (SSSR count). The Kier molecular flexibility index (Phi) is 8.38. The monoisotopic (exact) mass is 322 g/mol. The number of rotatable bonds is 8. The molecule has 0 unspecified atom stereocenters. The first-order chi connectivity index (χ1) is 11.0. The van der Waals surface area contributed by atoms with E-state index >= 15 is 0 Å². The van der Waals surface area contributed by atoms with Crippen molar-refractivity contribution >= 4 is 18.0 Å². The van der Waals surface area contributed by atoms with E-state index in [-0.39, 0.29) is 6.61 Å². The van der Waals surface area contributed by atoms with Gasteiger partial charge in [-0.15, -0.1) is 0 Å². The predicted molar refractivity (Wildman–Crippen MR) is 83.2 cm³/mol. The summed E-state index contributed by atoms with van der Waals surface area (Å²) in [6.45, 7) is 1.78. The van der Waals surface area contributed by atoms with E-state index in [1.54, 1.807) is 0 Å². The molecule has 0 aliphatic heterocycles. The highest BCUT2D eigenvalue weighted by Crippen LogP contribution is 2.02. The second-order valence-corrected chi connectivity index (χ2v) is 5.00.